The van der Waals surface area contributed by atoms with Crippen molar-refractivity contribution in [1.29, 1.82) is 0 Å². The van der Waals surface area contributed by atoms with Crippen molar-refractivity contribution in [3.05, 3.63) is 47.5 Å². The zero-order valence-corrected chi connectivity index (χ0v) is 22.7. The number of nitrogens with zero attached hydrogens (tertiary/aromatic N) is 5. The van der Waals surface area contributed by atoms with Crippen LogP contribution in [0.4, 0.5) is 21.7 Å². The molecule has 38 heavy (non-hydrogen) atoms. The minimum atomic E-state index is -0.484. The van der Waals surface area contributed by atoms with Crippen LogP contribution < -0.4 is 16.0 Å². The van der Waals surface area contributed by atoms with Gasteiger partial charge in [-0.2, -0.15) is 0 Å². The first-order chi connectivity index (χ1) is 18.3. The Morgan fingerprint density at radius 1 is 1.18 bits per heavy atom. The number of benzene rings is 1. The van der Waals surface area contributed by atoms with E-state index in [9.17, 15) is 14.3 Å². The van der Waals surface area contributed by atoms with Crippen molar-refractivity contribution < 1.29 is 14.3 Å². The summed E-state index contributed by atoms with van der Waals surface area (Å²) in [5.74, 6) is 0.516. The van der Waals surface area contributed by atoms with Gasteiger partial charge in [-0.05, 0) is 38.1 Å². The molecule has 1 saturated heterocycles. The molecule has 3 aromatic rings. The molecule has 0 spiro atoms. The molecule has 3 heterocycles. The van der Waals surface area contributed by atoms with E-state index in [4.69, 9.17) is 11.6 Å². The maximum Gasteiger partial charge on any atom is 0.226 e. The van der Waals surface area contributed by atoms with Crippen molar-refractivity contribution in [1.82, 2.24) is 30.4 Å². The highest BCUT2D eigenvalue weighted by Gasteiger charge is 2.21. The molecule has 4 rings (SSSR count). The van der Waals surface area contributed by atoms with Gasteiger partial charge in [-0.15, -0.1) is 22.0 Å². The first kappa shape index (κ1) is 28.1. The summed E-state index contributed by atoms with van der Waals surface area (Å²) in [7, 11) is 0. The van der Waals surface area contributed by atoms with Crippen molar-refractivity contribution >= 4 is 46.6 Å². The van der Waals surface area contributed by atoms with E-state index < -0.39 is 5.82 Å². The molecule has 2 unspecified atom stereocenters. The molecule has 0 bridgehead atoms. The number of nitrogens with one attached hydrogen (secondary N) is 3. The number of carbonyl (C=O) groups is 1. The number of hydrogen-bond acceptors (Lipinski definition) is 10. The Balaban J connectivity index is 1.47. The normalized spacial score (nSPS) is 17.8. The van der Waals surface area contributed by atoms with E-state index in [-0.39, 0.29) is 23.8 Å². The van der Waals surface area contributed by atoms with Crippen LogP contribution in [0.3, 0.4) is 0 Å². The summed E-state index contributed by atoms with van der Waals surface area (Å²) in [5, 5.41) is 27.9. The molecule has 13 heteroatoms. The third-order valence-electron chi connectivity index (χ3n) is 5.78. The molecule has 202 valence electrons. The molecule has 1 aromatic carbocycles. The van der Waals surface area contributed by atoms with Crippen molar-refractivity contribution in [2.75, 3.05) is 42.6 Å². The second kappa shape index (κ2) is 13.3. The Labute approximate surface area is 229 Å². The Hall–Kier alpha value is -2.90. The predicted octanol–water partition coefficient (Wildman–Crippen LogP) is 3.56. The number of amides is 1. The Morgan fingerprint density at radius 3 is 2.71 bits per heavy atom. The van der Waals surface area contributed by atoms with Crippen LogP contribution in [0.15, 0.2) is 41.7 Å². The average molecular weight is 561 g/mol. The van der Waals surface area contributed by atoms with Gasteiger partial charge in [-0.3, -0.25) is 9.69 Å². The third kappa shape index (κ3) is 7.81. The molecule has 0 aliphatic carbocycles. The lowest BCUT2D eigenvalue weighted by Crippen LogP contribution is -2.54. The highest BCUT2D eigenvalue weighted by molar-refractivity contribution is 7.99. The molecule has 1 aliphatic heterocycles. The fraction of sp³-hybridized carbons (Fsp3) is 0.400. The van der Waals surface area contributed by atoms with Gasteiger partial charge in [0.2, 0.25) is 5.91 Å². The molecule has 4 N–H and O–H groups in total. The lowest BCUT2D eigenvalue weighted by atomic mass is 10.1. The predicted molar refractivity (Wildman–Crippen MR) is 147 cm³/mol. The molecule has 0 saturated carbocycles. The number of aliphatic hydroxyl groups is 1. The van der Waals surface area contributed by atoms with E-state index in [1.54, 1.807) is 12.1 Å². The van der Waals surface area contributed by atoms with Crippen LogP contribution in [0.1, 0.15) is 20.3 Å². The topological polar surface area (TPSA) is 128 Å². The van der Waals surface area contributed by atoms with Gasteiger partial charge >= 0.3 is 0 Å². The minimum absolute atomic E-state index is 0.0497. The summed E-state index contributed by atoms with van der Waals surface area (Å²) in [5.41, 5.74) is 0.987. The van der Waals surface area contributed by atoms with E-state index in [1.807, 2.05) is 0 Å². The highest BCUT2D eigenvalue weighted by Crippen LogP contribution is 2.32. The van der Waals surface area contributed by atoms with Crippen LogP contribution in [0.25, 0.3) is 11.3 Å². The number of rotatable bonds is 10. The molecule has 1 fully saturated rings. The van der Waals surface area contributed by atoms with Gasteiger partial charge in [0.05, 0.1) is 18.0 Å². The van der Waals surface area contributed by atoms with Crippen LogP contribution in [-0.4, -0.2) is 80.2 Å². The Morgan fingerprint density at radius 2 is 1.95 bits per heavy atom. The molecule has 1 amide bonds. The standard InChI is InChI=1S/C25H30ClFN8O2S/c1-15-12-35(13-16(2)30-15)6-5-24(37)32-23-11-22(28-14-29-23)31-21-10-20(33-34-25(21)38-8-7-36)18-9-17(26)3-4-19(18)27/h3-4,9-11,14-16,30,36H,5-8,12-13H2,1-2H3,(H2,28,29,31,32,33,37). The molecular weight excluding hydrogens is 531 g/mol. The van der Waals surface area contributed by atoms with Crippen molar-refractivity contribution in [3.8, 4) is 11.3 Å². The van der Waals surface area contributed by atoms with Gasteiger partial charge in [0.1, 0.15) is 28.8 Å². The number of aromatic nitrogens is 4. The maximum absolute atomic E-state index is 14.5. The highest BCUT2D eigenvalue weighted by atomic mass is 35.5. The first-order valence-electron chi connectivity index (χ1n) is 12.2. The number of aliphatic hydroxyl groups excluding tert-OH is 1. The molecule has 10 nitrogen and oxygen atoms in total. The number of carbonyl (C=O) groups excluding carboxylic acids is 1. The minimum Gasteiger partial charge on any atom is -0.396 e. The first-order valence-corrected chi connectivity index (χ1v) is 13.6. The number of halogens is 2. The second-order valence-electron chi connectivity index (χ2n) is 9.08. The SMILES string of the molecule is CC1CN(CCC(=O)Nc2cc(Nc3cc(-c4cc(Cl)ccc4F)nnc3SCCO)ncn2)CC(C)N1. The molecule has 0 radical (unpaired) electrons. The zero-order valence-electron chi connectivity index (χ0n) is 21.1. The van der Waals surface area contributed by atoms with Crippen molar-refractivity contribution in [3.63, 3.8) is 0 Å². The number of piperazine rings is 1. The van der Waals surface area contributed by atoms with Crippen LogP contribution in [0.5, 0.6) is 0 Å². The fourth-order valence-electron chi connectivity index (χ4n) is 4.26. The van der Waals surface area contributed by atoms with Gasteiger partial charge in [0.25, 0.3) is 0 Å². The summed E-state index contributed by atoms with van der Waals surface area (Å²) in [6.45, 7) is 6.69. The van der Waals surface area contributed by atoms with E-state index in [1.165, 1.54) is 36.3 Å². The molecule has 2 atom stereocenters. The van der Waals surface area contributed by atoms with Crippen molar-refractivity contribution in [2.24, 2.45) is 0 Å². The number of thioether (sulfide) groups is 1. The summed E-state index contributed by atoms with van der Waals surface area (Å²) in [6, 6.07) is 8.21. The van der Waals surface area contributed by atoms with Gasteiger partial charge in [-0.25, -0.2) is 14.4 Å². The number of anilines is 3. The van der Waals surface area contributed by atoms with Crippen molar-refractivity contribution in [2.45, 2.75) is 37.4 Å². The Kier molecular flexibility index (Phi) is 9.80. The third-order valence-corrected chi connectivity index (χ3v) is 6.98. The summed E-state index contributed by atoms with van der Waals surface area (Å²) in [6.07, 6.45) is 1.68. The second-order valence-corrected chi connectivity index (χ2v) is 10.6. The van der Waals surface area contributed by atoms with Gasteiger partial charge in [0, 0.05) is 60.5 Å². The van der Waals surface area contributed by atoms with E-state index >= 15 is 0 Å². The smallest absolute Gasteiger partial charge is 0.226 e. The monoisotopic (exact) mass is 560 g/mol. The fourth-order valence-corrected chi connectivity index (χ4v) is 5.08. The van der Waals surface area contributed by atoms with Crippen LogP contribution in [0, 0.1) is 5.82 Å². The molecule has 2 aromatic heterocycles. The quantitative estimate of drug-likeness (QED) is 0.273. The van der Waals surface area contributed by atoms with E-state index in [2.05, 4.69) is 54.9 Å². The van der Waals surface area contributed by atoms with E-state index in [0.29, 0.717) is 58.2 Å². The van der Waals surface area contributed by atoms with E-state index in [0.717, 1.165) is 13.1 Å². The van der Waals surface area contributed by atoms with Gasteiger partial charge < -0.3 is 21.1 Å². The summed E-state index contributed by atoms with van der Waals surface area (Å²) in [4.78, 5) is 23.3. The molecule has 1 aliphatic rings. The lowest BCUT2D eigenvalue weighted by Gasteiger charge is -2.35. The number of hydrogen-bond donors (Lipinski definition) is 4. The average Bonchev–Trinajstić information content (AvgIpc) is 2.88. The maximum atomic E-state index is 14.5. The Bertz CT molecular complexity index is 1260. The summed E-state index contributed by atoms with van der Waals surface area (Å²) >= 11 is 7.34. The van der Waals surface area contributed by atoms with Crippen LogP contribution in [0.2, 0.25) is 5.02 Å². The summed E-state index contributed by atoms with van der Waals surface area (Å²) < 4.78 is 14.5. The molecular formula is C25H30ClFN8O2S. The van der Waals surface area contributed by atoms with Gasteiger partial charge in [-0.1, -0.05) is 11.6 Å². The largest absolute Gasteiger partial charge is 0.396 e. The van der Waals surface area contributed by atoms with Crippen LogP contribution in [-0.2, 0) is 4.79 Å². The van der Waals surface area contributed by atoms with Crippen LogP contribution >= 0.6 is 23.4 Å². The zero-order chi connectivity index (χ0) is 27.1. The van der Waals surface area contributed by atoms with Gasteiger partial charge in [0.15, 0.2) is 0 Å². The lowest BCUT2D eigenvalue weighted by molar-refractivity contribution is -0.116.